The van der Waals surface area contributed by atoms with Gasteiger partial charge in [-0.25, -0.2) is 4.79 Å². The van der Waals surface area contributed by atoms with Crippen LogP contribution in [0.15, 0.2) is 41.0 Å². The molecule has 2 atom stereocenters. The van der Waals surface area contributed by atoms with Gasteiger partial charge in [-0.05, 0) is 43.7 Å². The second-order valence-corrected chi connectivity index (χ2v) is 7.32. The molecular weight excluding hydrogens is 378 g/mol. The Morgan fingerprint density at radius 2 is 2.07 bits per heavy atom. The molecule has 152 valence electrons. The Kier molecular flexibility index (Phi) is 4.65. The van der Waals surface area contributed by atoms with E-state index < -0.39 is 23.4 Å². The molecule has 9 nitrogen and oxygen atoms in total. The lowest BCUT2D eigenvalue weighted by molar-refractivity contribution is -0.134. The Labute approximate surface area is 166 Å². The maximum absolute atomic E-state index is 12.9. The van der Waals surface area contributed by atoms with Gasteiger partial charge in [0, 0.05) is 6.42 Å². The normalized spacial score (nSPS) is 21.2. The maximum atomic E-state index is 12.9. The number of carbonyl (C=O) groups excluding carboxylic acids is 3. The van der Waals surface area contributed by atoms with E-state index >= 15 is 0 Å². The number of carbonyl (C=O) groups is 3. The first kappa shape index (κ1) is 18.9. The van der Waals surface area contributed by atoms with Gasteiger partial charge in [-0.2, -0.15) is 0 Å². The van der Waals surface area contributed by atoms with Crippen molar-refractivity contribution in [2.75, 3.05) is 13.3 Å². The summed E-state index contributed by atoms with van der Waals surface area (Å²) >= 11 is 0. The van der Waals surface area contributed by atoms with E-state index in [2.05, 4.69) is 10.6 Å². The highest BCUT2D eigenvalue weighted by Gasteiger charge is 2.48. The van der Waals surface area contributed by atoms with Crippen LogP contribution >= 0.6 is 0 Å². The van der Waals surface area contributed by atoms with Gasteiger partial charge in [0.1, 0.15) is 17.8 Å². The molecule has 0 aliphatic carbocycles. The number of rotatable bonds is 6. The van der Waals surface area contributed by atoms with Gasteiger partial charge in [-0.3, -0.25) is 14.5 Å². The molecule has 3 heterocycles. The van der Waals surface area contributed by atoms with Crippen molar-refractivity contribution in [3.05, 3.63) is 47.9 Å². The minimum absolute atomic E-state index is 0.158. The highest BCUT2D eigenvalue weighted by Crippen LogP contribution is 2.34. The second kappa shape index (κ2) is 7.16. The number of furan rings is 1. The van der Waals surface area contributed by atoms with Crippen LogP contribution in [0.3, 0.4) is 0 Å². The van der Waals surface area contributed by atoms with E-state index in [4.69, 9.17) is 13.9 Å². The van der Waals surface area contributed by atoms with Crippen molar-refractivity contribution in [1.82, 2.24) is 15.5 Å². The van der Waals surface area contributed by atoms with Gasteiger partial charge in [0.05, 0.1) is 12.3 Å². The van der Waals surface area contributed by atoms with Crippen LogP contribution < -0.4 is 20.1 Å². The maximum Gasteiger partial charge on any atom is 0.325 e. The number of hydrogen-bond donors (Lipinski definition) is 2. The van der Waals surface area contributed by atoms with Gasteiger partial charge < -0.3 is 24.5 Å². The zero-order valence-electron chi connectivity index (χ0n) is 16.1. The third kappa shape index (κ3) is 3.63. The number of hydrogen-bond acceptors (Lipinski definition) is 6. The molecular formula is C20H21N3O6. The summed E-state index contributed by atoms with van der Waals surface area (Å²) in [5.41, 5.74) is -0.347. The second-order valence-electron chi connectivity index (χ2n) is 7.32. The van der Waals surface area contributed by atoms with Crippen LogP contribution in [0, 0.1) is 0 Å². The zero-order valence-corrected chi connectivity index (χ0v) is 16.1. The molecule has 4 amide bonds. The fraction of sp³-hybridized carbons (Fsp3) is 0.350. The number of urea groups is 1. The molecule has 0 unspecified atom stereocenters. The van der Waals surface area contributed by atoms with Crippen LogP contribution in [-0.4, -0.2) is 41.6 Å². The summed E-state index contributed by atoms with van der Waals surface area (Å²) < 4.78 is 15.9. The number of fused-ring (bicyclic) bond motifs is 1. The quantitative estimate of drug-likeness (QED) is 0.716. The van der Waals surface area contributed by atoms with Crippen LogP contribution in [0.1, 0.15) is 31.2 Å². The summed E-state index contributed by atoms with van der Waals surface area (Å²) in [6.07, 6.45) is 1.77. The summed E-state index contributed by atoms with van der Waals surface area (Å²) in [4.78, 5) is 38.6. The van der Waals surface area contributed by atoms with Crippen LogP contribution in [0.5, 0.6) is 11.5 Å². The number of nitrogens with zero attached hydrogens (tertiary/aromatic N) is 1. The molecule has 1 aromatic carbocycles. The summed E-state index contributed by atoms with van der Waals surface area (Å²) in [5.74, 6) is 0.921. The number of imide groups is 1. The van der Waals surface area contributed by atoms with Crippen LogP contribution in [0.4, 0.5) is 4.79 Å². The Morgan fingerprint density at radius 3 is 2.83 bits per heavy atom. The lowest BCUT2D eigenvalue weighted by Gasteiger charge is -2.22. The predicted molar refractivity (Wildman–Crippen MR) is 100 cm³/mol. The largest absolute Gasteiger partial charge is 0.467 e. The number of amides is 4. The van der Waals surface area contributed by atoms with Gasteiger partial charge >= 0.3 is 6.03 Å². The van der Waals surface area contributed by atoms with E-state index in [0.717, 1.165) is 10.5 Å². The smallest absolute Gasteiger partial charge is 0.325 e. The molecule has 2 aliphatic rings. The van der Waals surface area contributed by atoms with Gasteiger partial charge in [0.25, 0.3) is 5.91 Å². The first-order valence-electron chi connectivity index (χ1n) is 9.21. The number of ether oxygens (including phenoxy) is 2. The number of nitrogens with one attached hydrogen (secondary N) is 2. The van der Waals surface area contributed by atoms with E-state index in [1.54, 1.807) is 38.1 Å². The van der Waals surface area contributed by atoms with Gasteiger partial charge in [-0.1, -0.05) is 6.07 Å². The molecule has 1 fully saturated rings. The number of benzene rings is 1. The highest BCUT2D eigenvalue weighted by molar-refractivity contribution is 6.09. The lowest BCUT2D eigenvalue weighted by atomic mass is 9.92. The first-order chi connectivity index (χ1) is 13.9. The summed E-state index contributed by atoms with van der Waals surface area (Å²) in [5, 5.41) is 5.42. The molecule has 0 spiro atoms. The van der Waals surface area contributed by atoms with Crippen molar-refractivity contribution >= 4 is 17.8 Å². The van der Waals surface area contributed by atoms with Gasteiger partial charge in [0.2, 0.25) is 12.7 Å². The minimum Gasteiger partial charge on any atom is -0.467 e. The topological polar surface area (TPSA) is 110 Å². The molecule has 4 rings (SSSR count). The van der Waals surface area contributed by atoms with Crippen molar-refractivity contribution in [2.24, 2.45) is 0 Å². The van der Waals surface area contributed by atoms with Crippen molar-refractivity contribution < 1.29 is 28.3 Å². The first-order valence-corrected chi connectivity index (χ1v) is 9.21. The van der Waals surface area contributed by atoms with Crippen molar-refractivity contribution in [1.29, 1.82) is 0 Å². The van der Waals surface area contributed by atoms with Crippen LogP contribution in [0.25, 0.3) is 0 Å². The predicted octanol–water partition coefficient (Wildman–Crippen LogP) is 1.74. The fourth-order valence-corrected chi connectivity index (χ4v) is 3.51. The average molecular weight is 399 g/mol. The van der Waals surface area contributed by atoms with Crippen molar-refractivity contribution in [3.63, 3.8) is 0 Å². The Hall–Kier alpha value is -3.49. The van der Waals surface area contributed by atoms with Crippen molar-refractivity contribution in [2.45, 2.75) is 31.8 Å². The van der Waals surface area contributed by atoms with E-state index in [0.29, 0.717) is 17.3 Å². The molecule has 9 heteroatoms. The van der Waals surface area contributed by atoms with Crippen LogP contribution in [0.2, 0.25) is 0 Å². The average Bonchev–Trinajstić information content (AvgIpc) is 3.39. The Bertz CT molecular complexity index is 957. The molecule has 2 aromatic rings. The van der Waals surface area contributed by atoms with E-state index in [1.165, 1.54) is 6.26 Å². The third-order valence-corrected chi connectivity index (χ3v) is 4.99. The van der Waals surface area contributed by atoms with E-state index in [-0.39, 0.29) is 25.8 Å². The van der Waals surface area contributed by atoms with E-state index in [1.807, 2.05) is 6.07 Å². The lowest BCUT2D eigenvalue weighted by Crippen LogP contribution is -2.47. The summed E-state index contributed by atoms with van der Waals surface area (Å²) in [6, 6.07) is 7.85. The molecule has 2 N–H and O–H groups in total. The minimum atomic E-state index is -1.16. The molecule has 0 radical (unpaired) electrons. The molecule has 29 heavy (non-hydrogen) atoms. The van der Waals surface area contributed by atoms with Gasteiger partial charge in [0.15, 0.2) is 11.5 Å². The molecule has 1 saturated heterocycles. The highest BCUT2D eigenvalue weighted by atomic mass is 16.7. The monoisotopic (exact) mass is 399 g/mol. The molecule has 2 aliphatic heterocycles. The fourth-order valence-electron chi connectivity index (χ4n) is 3.51. The van der Waals surface area contributed by atoms with Gasteiger partial charge in [-0.15, -0.1) is 0 Å². The van der Waals surface area contributed by atoms with Crippen molar-refractivity contribution in [3.8, 4) is 11.5 Å². The third-order valence-electron chi connectivity index (χ3n) is 4.99. The molecule has 1 aromatic heterocycles. The zero-order chi connectivity index (χ0) is 20.6. The SMILES string of the molecule is C[C@@H](NC(=O)CN1C(=O)N[C@](C)(Cc2ccc3c(c2)OCO3)C1=O)c1ccco1. The summed E-state index contributed by atoms with van der Waals surface area (Å²) in [6.45, 7) is 3.19. The van der Waals surface area contributed by atoms with E-state index in [9.17, 15) is 14.4 Å². The Balaban J connectivity index is 1.41. The standard InChI is InChI=1S/C20H21N3O6/c1-12(14-4-3-7-27-14)21-17(24)10-23-18(25)20(2,22-19(23)26)9-13-5-6-15-16(8-13)29-11-28-15/h3-8,12H,9-11H2,1-2H3,(H,21,24)(H,22,26)/t12-,20-/m1/s1. The molecule has 0 bridgehead atoms. The van der Waals surface area contributed by atoms with Crippen LogP contribution in [-0.2, 0) is 16.0 Å². The molecule has 0 saturated carbocycles. The Morgan fingerprint density at radius 1 is 1.28 bits per heavy atom. The summed E-state index contributed by atoms with van der Waals surface area (Å²) in [7, 11) is 0.